The van der Waals surface area contributed by atoms with Gasteiger partial charge in [0.2, 0.25) is 5.91 Å². The van der Waals surface area contributed by atoms with E-state index in [2.05, 4.69) is 29.0 Å². The van der Waals surface area contributed by atoms with E-state index in [9.17, 15) is 4.79 Å². The minimum atomic E-state index is 0.0187. The highest BCUT2D eigenvalue weighted by atomic mass is 35.5. The molecule has 1 amide bonds. The summed E-state index contributed by atoms with van der Waals surface area (Å²) in [6.45, 7) is 8.55. The van der Waals surface area contributed by atoms with Crippen molar-refractivity contribution in [1.29, 1.82) is 0 Å². The molecule has 1 aliphatic heterocycles. The van der Waals surface area contributed by atoms with E-state index in [1.165, 1.54) is 11.3 Å². The maximum absolute atomic E-state index is 12.6. The molecule has 0 spiro atoms. The first-order valence-corrected chi connectivity index (χ1v) is 11.7. The zero-order valence-corrected chi connectivity index (χ0v) is 18.8. The second-order valence-corrected chi connectivity index (χ2v) is 8.66. The van der Waals surface area contributed by atoms with Gasteiger partial charge in [0.15, 0.2) is 0 Å². The summed E-state index contributed by atoms with van der Waals surface area (Å²) in [7, 11) is 0. The smallest absolute Gasteiger partial charge is 0.226 e. The highest BCUT2D eigenvalue weighted by Crippen LogP contribution is 2.30. The van der Waals surface area contributed by atoms with Gasteiger partial charge in [0.05, 0.1) is 30.4 Å². The Morgan fingerprint density at radius 1 is 1.28 bits per heavy atom. The number of ether oxygens (including phenoxy) is 1. The van der Waals surface area contributed by atoms with Crippen LogP contribution in [0.5, 0.6) is 0 Å². The van der Waals surface area contributed by atoms with E-state index < -0.39 is 0 Å². The largest absolute Gasteiger partial charge is 0.379 e. The molecule has 1 aromatic carbocycles. The number of carbonyl (C=O) groups is 1. The molecule has 3 rings (SSSR count). The Morgan fingerprint density at radius 2 is 2.00 bits per heavy atom. The predicted molar refractivity (Wildman–Crippen MR) is 120 cm³/mol. The van der Waals surface area contributed by atoms with Crippen molar-refractivity contribution < 1.29 is 9.53 Å². The first-order chi connectivity index (χ1) is 14.1. The molecular formula is C22H30ClN3O2S. The number of hydrogen-bond acceptors (Lipinski definition) is 5. The number of thiazole rings is 1. The molecule has 1 atom stereocenters. The summed E-state index contributed by atoms with van der Waals surface area (Å²) in [6.07, 6.45) is 2.52. The minimum absolute atomic E-state index is 0.0187. The molecule has 158 valence electrons. The molecule has 5 nitrogen and oxygen atoms in total. The standard InChI is InChI=1S/C22H30ClN3O2S/c1-3-16(4-2)20(26-9-11-28-12-10-26)14-24-21(27)13-17-15-29-22(25-17)18-7-5-6-8-19(18)23/h5-8,15-16,20H,3-4,9-14H2,1-2H3,(H,24,27). The lowest BCUT2D eigenvalue weighted by Gasteiger charge is -2.38. The fourth-order valence-corrected chi connectivity index (χ4v) is 5.07. The Bertz CT molecular complexity index is 788. The molecule has 1 fully saturated rings. The number of hydrogen-bond donors (Lipinski definition) is 1. The Labute approximate surface area is 182 Å². The van der Waals surface area contributed by atoms with Crippen LogP contribution in [0.25, 0.3) is 10.6 Å². The third-order valence-corrected chi connectivity index (χ3v) is 6.87. The van der Waals surface area contributed by atoms with Crippen molar-refractivity contribution in [2.45, 2.75) is 39.2 Å². The fourth-order valence-electron chi connectivity index (χ4n) is 3.93. The van der Waals surface area contributed by atoms with Crippen molar-refractivity contribution in [2.75, 3.05) is 32.8 Å². The number of aromatic nitrogens is 1. The number of carbonyl (C=O) groups excluding carboxylic acids is 1. The van der Waals surface area contributed by atoms with Crippen LogP contribution in [0.3, 0.4) is 0 Å². The van der Waals surface area contributed by atoms with Crippen molar-refractivity contribution in [3.63, 3.8) is 0 Å². The average molecular weight is 436 g/mol. The molecule has 29 heavy (non-hydrogen) atoms. The van der Waals surface area contributed by atoms with Gasteiger partial charge in [0.25, 0.3) is 0 Å². The van der Waals surface area contributed by atoms with Gasteiger partial charge in [0.1, 0.15) is 5.01 Å². The lowest BCUT2D eigenvalue weighted by atomic mass is 9.92. The molecule has 2 heterocycles. The molecule has 0 aliphatic carbocycles. The van der Waals surface area contributed by atoms with E-state index in [0.717, 1.165) is 55.4 Å². The molecular weight excluding hydrogens is 406 g/mol. The molecule has 1 N–H and O–H groups in total. The van der Waals surface area contributed by atoms with Crippen molar-refractivity contribution in [2.24, 2.45) is 5.92 Å². The summed E-state index contributed by atoms with van der Waals surface area (Å²) in [5, 5.41) is 6.62. The molecule has 0 bridgehead atoms. The highest BCUT2D eigenvalue weighted by molar-refractivity contribution is 7.13. The number of nitrogens with zero attached hydrogens (tertiary/aromatic N) is 2. The average Bonchev–Trinajstić information content (AvgIpc) is 3.20. The second kappa shape index (κ2) is 11.1. The van der Waals surface area contributed by atoms with E-state index in [1.54, 1.807) is 0 Å². The highest BCUT2D eigenvalue weighted by Gasteiger charge is 2.27. The summed E-state index contributed by atoms with van der Waals surface area (Å²) in [6, 6.07) is 8.01. The van der Waals surface area contributed by atoms with Crippen LogP contribution in [0.1, 0.15) is 32.4 Å². The predicted octanol–water partition coefficient (Wildman–Crippen LogP) is 4.26. The normalized spacial score (nSPS) is 16.1. The third kappa shape index (κ3) is 6.01. The molecule has 1 aliphatic rings. The van der Waals surface area contributed by atoms with Crippen LogP contribution in [0.2, 0.25) is 5.02 Å². The van der Waals surface area contributed by atoms with Gasteiger partial charge in [-0.15, -0.1) is 11.3 Å². The third-order valence-electron chi connectivity index (χ3n) is 5.61. The van der Waals surface area contributed by atoms with Crippen molar-refractivity contribution >= 4 is 28.8 Å². The molecule has 1 saturated heterocycles. The van der Waals surface area contributed by atoms with Crippen LogP contribution in [-0.2, 0) is 16.0 Å². The lowest BCUT2D eigenvalue weighted by Crippen LogP contribution is -2.52. The molecule has 0 saturated carbocycles. The Hall–Kier alpha value is -1.47. The number of morpholine rings is 1. The Morgan fingerprint density at radius 3 is 2.69 bits per heavy atom. The molecule has 1 aromatic heterocycles. The van der Waals surface area contributed by atoms with Gasteiger partial charge in [-0.2, -0.15) is 0 Å². The molecule has 1 unspecified atom stereocenters. The number of nitrogens with one attached hydrogen (secondary N) is 1. The Balaban J connectivity index is 1.58. The lowest BCUT2D eigenvalue weighted by molar-refractivity contribution is -0.121. The number of rotatable bonds is 9. The monoisotopic (exact) mass is 435 g/mol. The van der Waals surface area contributed by atoms with E-state index >= 15 is 0 Å². The van der Waals surface area contributed by atoms with E-state index in [1.807, 2.05) is 29.6 Å². The van der Waals surface area contributed by atoms with Crippen LogP contribution >= 0.6 is 22.9 Å². The number of benzene rings is 1. The maximum atomic E-state index is 12.6. The van der Waals surface area contributed by atoms with Crippen LogP contribution < -0.4 is 5.32 Å². The number of halogens is 1. The van der Waals surface area contributed by atoms with Gasteiger partial charge in [0, 0.05) is 36.6 Å². The molecule has 2 aromatic rings. The number of amides is 1. The summed E-state index contributed by atoms with van der Waals surface area (Å²) in [5.41, 5.74) is 1.69. The quantitative estimate of drug-likeness (QED) is 0.639. The van der Waals surface area contributed by atoms with Gasteiger partial charge in [-0.1, -0.05) is 56.5 Å². The summed E-state index contributed by atoms with van der Waals surface area (Å²) >= 11 is 7.78. The minimum Gasteiger partial charge on any atom is -0.379 e. The van der Waals surface area contributed by atoms with Crippen molar-refractivity contribution in [3.05, 3.63) is 40.4 Å². The first-order valence-electron chi connectivity index (χ1n) is 10.4. The summed E-state index contributed by atoms with van der Waals surface area (Å²) in [4.78, 5) is 19.7. The van der Waals surface area contributed by atoms with E-state index in [4.69, 9.17) is 16.3 Å². The van der Waals surface area contributed by atoms with Gasteiger partial charge >= 0.3 is 0 Å². The summed E-state index contributed by atoms with van der Waals surface area (Å²) in [5.74, 6) is 0.588. The van der Waals surface area contributed by atoms with Gasteiger partial charge < -0.3 is 10.1 Å². The van der Waals surface area contributed by atoms with Crippen LogP contribution in [0.15, 0.2) is 29.6 Å². The summed E-state index contributed by atoms with van der Waals surface area (Å²) < 4.78 is 5.50. The topological polar surface area (TPSA) is 54.5 Å². The maximum Gasteiger partial charge on any atom is 0.226 e. The SMILES string of the molecule is CCC(CC)C(CNC(=O)Cc1csc(-c2ccccc2Cl)n1)N1CCOCC1. The zero-order valence-electron chi connectivity index (χ0n) is 17.2. The van der Waals surface area contributed by atoms with Gasteiger partial charge in [-0.25, -0.2) is 4.98 Å². The van der Waals surface area contributed by atoms with Gasteiger partial charge in [-0.05, 0) is 12.0 Å². The second-order valence-electron chi connectivity index (χ2n) is 7.40. The molecule has 0 radical (unpaired) electrons. The van der Waals surface area contributed by atoms with Crippen LogP contribution in [0, 0.1) is 5.92 Å². The van der Waals surface area contributed by atoms with Crippen molar-refractivity contribution in [3.8, 4) is 10.6 Å². The molecule has 7 heteroatoms. The van der Waals surface area contributed by atoms with E-state index in [-0.39, 0.29) is 5.91 Å². The Kier molecular flexibility index (Phi) is 8.48. The first kappa shape index (κ1) is 22.2. The van der Waals surface area contributed by atoms with Crippen LogP contribution in [0.4, 0.5) is 0 Å². The van der Waals surface area contributed by atoms with Crippen molar-refractivity contribution in [1.82, 2.24) is 15.2 Å². The fraction of sp³-hybridized carbons (Fsp3) is 0.545. The van der Waals surface area contributed by atoms with Gasteiger partial charge in [-0.3, -0.25) is 9.69 Å². The van der Waals surface area contributed by atoms with E-state index in [0.29, 0.717) is 29.9 Å². The van der Waals surface area contributed by atoms with Crippen LogP contribution in [-0.4, -0.2) is 54.7 Å². The zero-order chi connectivity index (χ0) is 20.6.